The van der Waals surface area contributed by atoms with Crippen LogP contribution in [-0.4, -0.2) is 14.5 Å². The molecule has 106 valence electrons. The molecular formula is C14H22N2O2S. The second kappa shape index (κ2) is 6.03. The monoisotopic (exact) mass is 282 g/mol. The van der Waals surface area contributed by atoms with Gasteiger partial charge >= 0.3 is 0 Å². The normalized spacial score (nSPS) is 18.0. The van der Waals surface area contributed by atoms with Crippen LogP contribution in [0.15, 0.2) is 24.3 Å². The van der Waals surface area contributed by atoms with E-state index in [-0.39, 0.29) is 11.8 Å². The number of rotatable bonds is 6. The third kappa shape index (κ3) is 4.03. The van der Waals surface area contributed by atoms with Crippen molar-refractivity contribution in [3.63, 3.8) is 0 Å². The van der Waals surface area contributed by atoms with Crippen molar-refractivity contribution in [3.8, 4) is 0 Å². The Kier molecular flexibility index (Phi) is 4.60. The van der Waals surface area contributed by atoms with Gasteiger partial charge in [0, 0.05) is 12.6 Å². The number of nitrogens with one attached hydrogen (secondary N) is 1. The van der Waals surface area contributed by atoms with Gasteiger partial charge in [0.1, 0.15) is 0 Å². The Balaban J connectivity index is 1.95. The van der Waals surface area contributed by atoms with Crippen molar-refractivity contribution in [1.82, 2.24) is 4.72 Å². The van der Waals surface area contributed by atoms with E-state index in [0.29, 0.717) is 12.5 Å². The van der Waals surface area contributed by atoms with Gasteiger partial charge in [0.05, 0.1) is 5.75 Å². The Bertz CT molecular complexity index is 507. The molecule has 0 radical (unpaired) electrons. The van der Waals surface area contributed by atoms with E-state index in [1.54, 1.807) is 0 Å². The molecule has 2 rings (SSSR count). The predicted molar refractivity (Wildman–Crippen MR) is 76.9 cm³/mol. The van der Waals surface area contributed by atoms with Crippen molar-refractivity contribution in [2.75, 3.05) is 0 Å². The Labute approximate surface area is 115 Å². The van der Waals surface area contributed by atoms with E-state index < -0.39 is 10.0 Å². The second-order valence-electron chi connectivity index (χ2n) is 5.38. The molecule has 1 aliphatic carbocycles. The van der Waals surface area contributed by atoms with Crippen LogP contribution >= 0.6 is 0 Å². The molecule has 1 aromatic carbocycles. The van der Waals surface area contributed by atoms with Crippen LogP contribution in [0, 0.1) is 5.92 Å². The minimum absolute atomic E-state index is 0.0366. The molecule has 1 aromatic rings. The first kappa shape index (κ1) is 14.5. The number of nitrogens with two attached hydrogens (primary N) is 1. The van der Waals surface area contributed by atoms with Crippen LogP contribution in [0.3, 0.4) is 0 Å². The minimum atomic E-state index is -3.26. The lowest BCUT2D eigenvalue weighted by atomic mass is 9.81. The number of benzene rings is 1. The molecule has 1 atom stereocenters. The number of hydrogen-bond acceptors (Lipinski definition) is 3. The maximum atomic E-state index is 12.1. The van der Waals surface area contributed by atoms with E-state index in [1.165, 1.54) is 6.42 Å². The van der Waals surface area contributed by atoms with Gasteiger partial charge in [-0.1, -0.05) is 30.7 Å². The third-order valence-corrected chi connectivity index (χ3v) is 5.28. The molecule has 0 amide bonds. The minimum Gasteiger partial charge on any atom is -0.326 e. The van der Waals surface area contributed by atoms with E-state index in [2.05, 4.69) is 4.72 Å². The quantitative estimate of drug-likeness (QED) is 0.835. The molecule has 0 aliphatic heterocycles. The Hall–Kier alpha value is -0.910. The Morgan fingerprint density at radius 2 is 1.84 bits per heavy atom. The average molecular weight is 282 g/mol. The second-order valence-corrected chi connectivity index (χ2v) is 7.13. The van der Waals surface area contributed by atoms with Crippen LogP contribution in [0.25, 0.3) is 0 Å². The van der Waals surface area contributed by atoms with Gasteiger partial charge in [0.15, 0.2) is 0 Å². The van der Waals surface area contributed by atoms with Gasteiger partial charge in [-0.15, -0.1) is 0 Å². The molecule has 0 spiro atoms. The van der Waals surface area contributed by atoms with Crippen LogP contribution < -0.4 is 10.5 Å². The van der Waals surface area contributed by atoms with Gasteiger partial charge in [-0.05, 0) is 36.8 Å². The van der Waals surface area contributed by atoms with Gasteiger partial charge in [-0.3, -0.25) is 0 Å². The summed E-state index contributed by atoms with van der Waals surface area (Å²) >= 11 is 0. The zero-order valence-corrected chi connectivity index (χ0v) is 12.1. The van der Waals surface area contributed by atoms with Crippen molar-refractivity contribution in [3.05, 3.63) is 35.4 Å². The van der Waals surface area contributed by atoms with E-state index >= 15 is 0 Å². The molecule has 1 saturated carbocycles. The molecule has 4 nitrogen and oxygen atoms in total. The van der Waals surface area contributed by atoms with Crippen LogP contribution in [0.2, 0.25) is 0 Å². The van der Waals surface area contributed by atoms with Crippen molar-refractivity contribution >= 4 is 10.0 Å². The van der Waals surface area contributed by atoms with Crippen molar-refractivity contribution in [2.45, 2.75) is 44.5 Å². The summed E-state index contributed by atoms with van der Waals surface area (Å²) in [5.74, 6) is 0.545. The van der Waals surface area contributed by atoms with Gasteiger partial charge < -0.3 is 5.73 Å². The number of hydrogen-bond donors (Lipinski definition) is 2. The molecule has 1 unspecified atom stereocenters. The molecule has 0 bridgehead atoms. The van der Waals surface area contributed by atoms with E-state index in [4.69, 9.17) is 5.73 Å². The summed E-state index contributed by atoms with van der Waals surface area (Å²) in [6.07, 6.45) is 3.49. The standard InChI is InChI=1S/C14H22N2O2S/c1-11(14-3-2-4-14)16-19(17,18)10-13-7-5-12(9-15)6-8-13/h5-8,11,14,16H,2-4,9-10,15H2,1H3. The van der Waals surface area contributed by atoms with Crippen LogP contribution in [0.5, 0.6) is 0 Å². The van der Waals surface area contributed by atoms with Gasteiger partial charge in [0.2, 0.25) is 10.0 Å². The molecule has 1 aliphatic rings. The van der Waals surface area contributed by atoms with Gasteiger partial charge in [-0.2, -0.15) is 0 Å². The van der Waals surface area contributed by atoms with Crippen LogP contribution in [0.4, 0.5) is 0 Å². The lowest BCUT2D eigenvalue weighted by Crippen LogP contribution is -2.41. The summed E-state index contributed by atoms with van der Waals surface area (Å²) in [4.78, 5) is 0. The molecule has 19 heavy (non-hydrogen) atoms. The molecule has 0 heterocycles. The van der Waals surface area contributed by atoms with Crippen molar-refractivity contribution in [2.24, 2.45) is 11.7 Å². The SMILES string of the molecule is CC(NS(=O)(=O)Cc1ccc(CN)cc1)C1CCC1. The van der Waals surface area contributed by atoms with Crippen LogP contribution in [-0.2, 0) is 22.3 Å². The van der Waals surface area contributed by atoms with E-state index in [9.17, 15) is 8.42 Å². The molecule has 1 fully saturated rings. The maximum absolute atomic E-state index is 12.1. The predicted octanol–water partition coefficient (Wildman–Crippen LogP) is 1.75. The lowest BCUT2D eigenvalue weighted by Gasteiger charge is -2.31. The van der Waals surface area contributed by atoms with E-state index in [1.807, 2.05) is 31.2 Å². The summed E-state index contributed by atoms with van der Waals surface area (Å²) in [7, 11) is -3.26. The largest absolute Gasteiger partial charge is 0.326 e. The Morgan fingerprint density at radius 3 is 2.32 bits per heavy atom. The zero-order valence-electron chi connectivity index (χ0n) is 11.3. The highest BCUT2D eigenvalue weighted by Crippen LogP contribution is 2.29. The lowest BCUT2D eigenvalue weighted by molar-refractivity contribution is 0.260. The number of sulfonamides is 1. The fraction of sp³-hybridized carbons (Fsp3) is 0.571. The summed E-state index contributed by atoms with van der Waals surface area (Å²) in [6.45, 7) is 2.43. The van der Waals surface area contributed by atoms with Gasteiger partial charge in [0.25, 0.3) is 0 Å². The molecular weight excluding hydrogens is 260 g/mol. The Morgan fingerprint density at radius 1 is 1.26 bits per heavy atom. The van der Waals surface area contributed by atoms with Crippen LogP contribution in [0.1, 0.15) is 37.3 Å². The summed E-state index contributed by atoms with van der Waals surface area (Å²) < 4.78 is 26.9. The smallest absolute Gasteiger partial charge is 0.216 e. The fourth-order valence-electron chi connectivity index (χ4n) is 2.35. The third-order valence-electron chi connectivity index (χ3n) is 3.84. The maximum Gasteiger partial charge on any atom is 0.216 e. The summed E-state index contributed by atoms with van der Waals surface area (Å²) in [6, 6.07) is 7.45. The molecule has 3 N–H and O–H groups in total. The highest BCUT2D eigenvalue weighted by atomic mass is 32.2. The first-order valence-corrected chi connectivity index (χ1v) is 8.43. The first-order chi connectivity index (χ1) is 9.00. The highest BCUT2D eigenvalue weighted by molar-refractivity contribution is 7.88. The fourth-order valence-corrected chi connectivity index (χ4v) is 3.83. The summed E-state index contributed by atoms with van der Waals surface area (Å²) in [5, 5.41) is 0. The first-order valence-electron chi connectivity index (χ1n) is 6.78. The average Bonchev–Trinajstić information content (AvgIpc) is 2.26. The summed E-state index contributed by atoms with van der Waals surface area (Å²) in [5.41, 5.74) is 7.33. The topological polar surface area (TPSA) is 72.2 Å². The highest BCUT2D eigenvalue weighted by Gasteiger charge is 2.27. The van der Waals surface area contributed by atoms with Crippen molar-refractivity contribution in [1.29, 1.82) is 0 Å². The molecule has 0 aromatic heterocycles. The molecule has 0 saturated heterocycles. The van der Waals surface area contributed by atoms with E-state index in [0.717, 1.165) is 24.0 Å². The molecule has 5 heteroatoms. The van der Waals surface area contributed by atoms with Crippen molar-refractivity contribution < 1.29 is 8.42 Å². The van der Waals surface area contributed by atoms with Gasteiger partial charge in [-0.25, -0.2) is 13.1 Å². The zero-order chi connectivity index (χ0) is 13.9.